The van der Waals surface area contributed by atoms with Gasteiger partial charge in [0, 0.05) is 24.8 Å². The lowest BCUT2D eigenvalue weighted by Gasteiger charge is -2.34. The number of nitrogens with zero attached hydrogens (tertiary/aromatic N) is 1. The Morgan fingerprint density at radius 2 is 1.72 bits per heavy atom. The van der Waals surface area contributed by atoms with Crippen molar-refractivity contribution in [3.05, 3.63) is 46.2 Å². The smallest absolute Gasteiger partial charge is 0.348 e. The van der Waals surface area contributed by atoms with Crippen molar-refractivity contribution in [2.75, 3.05) is 30.9 Å². The van der Waals surface area contributed by atoms with Gasteiger partial charge >= 0.3 is 5.97 Å². The van der Waals surface area contributed by atoms with Gasteiger partial charge in [0.2, 0.25) is 0 Å². The van der Waals surface area contributed by atoms with Crippen LogP contribution in [0.1, 0.15) is 39.1 Å². The summed E-state index contributed by atoms with van der Waals surface area (Å²) >= 11 is 1.12. The molecule has 1 aromatic heterocycles. The molecule has 1 amide bonds. The van der Waals surface area contributed by atoms with E-state index in [1.165, 1.54) is 7.11 Å². The third-order valence-electron chi connectivity index (χ3n) is 4.99. The second-order valence-electron chi connectivity index (χ2n) is 6.79. The molecule has 0 radical (unpaired) electrons. The summed E-state index contributed by atoms with van der Waals surface area (Å²) in [7, 11) is -1.88. The van der Waals surface area contributed by atoms with Gasteiger partial charge in [0.05, 0.1) is 22.6 Å². The second-order valence-corrected chi connectivity index (χ2v) is 10.1. The fourth-order valence-corrected chi connectivity index (χ4v) is 4.95. The molecule has 2 heterocycles. The molecule has 1 aliphatic heterocycles. The number of hydrogen-bond acceptors (Lipinski definition) is 7. The number of nitrogens with one attached hydrogen (secondary N) is 1. The maximum atomic E-state index is 12.4. The molecule has 1 aromatic carbocycles. The van der Waals surface area contributed by atoms with Crippen LogP contribution in [0.4, 0.5) is 5.69 Å². The average Bonchev–Trinajstić information content (AvgIpc) is 3.24. The van der Waals surface area contributed by atoms with Crippen LogP contribution >= 0.6 is 11.3 Å². The summed E-state index contributed by atoms with van der Waals surface area (Å²) in [5.74, 6) is -0.541. The first-order chi connectivity index (χ1) is 13.8. The number of methoxy groups -OCH3 is 1. The van der Waals surface area contributed by atoms with Gasteiger partial charge in [-0.2, -0.15) is 0 Å². The molecule has 0 unspecified atom stereocenters. The number of sulfone groups is 1. The minimum absolute atomic E-state index is 0.0576. The number of anilines is 1. The summed E-state index contributed by atoms with van der Waals surface area (Å²) in [6.07, 6.45) is 1.58. The summed E-state index contributed by atoms with van der Waals surface area (Å²) < 4.78 is 28.5. The zero-order valence-electron chi connectivity index (χ0n) is 16.4. The Bertz CT molecular complexity index is 975. The Morgan fingerprint density at radius 1 is 1.10 bits per heavy atom. The first-order valence-electron chi connectivity index (χ1n) is 9.41. The predicted octanol–water partition coefficient (Wildman–Crippen LogP) is 2.73. The van der Waals surface area contributed by atoms with Gasteiger partial charge in [-0.1, -0.05) is 6.92 Å². The second kappa shape index (κ2) is 8.96. The molecule has 0 saturated carbocycles. The van der Waals surface area contributed by atoms with Gasteiger partial charge in [0.15, 0.2) is 9.84 Å². The maximum Gasteiger partial charge on any atom is 0.348 e. The number of hydrogen-bond donors (Lipinski definition) is 1. The highest BCUT2D eigenvalue weighted by molar-refractivity contribution is 7.91. The number of carbonyl (C=O) groups is 2. The molecule has 0 bridgehead atoms. The molecule has 156 valence electrons. The fraction of sp³-hybridized carbons (Fsp3) is 0.400. The van der Waals surface area contributed by atoms with Crippen molar-refractivity contribution in [1.82, 2.24) is 5.32 Å². The molecule has 9 heteroatoms. The topological polar surface area (TPSA) is 92.8 Å². The Hall–Kier alpha value is -2.39. The minimum atomic E-state index is -3.19. The normalized spacial score (nSPS) is 15.2. The molecule has 0 spiro atoms. The first kappa shape index (κ1) is 21.3. The minimum Gasteiger partial charge on any atom is -0.465 e. The van der Waals surface area contributed by atoms with Crippen LogP contribution in [0.2, 0.25) is 0 Å². The van der Waals surface area contributed by atoms with E-state index in [9.17, 15) is 18.0 Å². The Kier molecular flexibility index (Phi) is 6.59. The van der Waals surface area contributed by atoms with Crippen LogP contribution in [0, 0.1) is 0 Å². The van der Waals surface area contributed by atoms with Crippen molar-refractivity contribution in [2.45, 2.75) is 30.7 Å². The third kappa shape index (κ3) is 4.97. The van der Waals surface area contributed by atoms with Gasteiger partial charge in [-0.3, -0.25) is 4.79 Å². The van der Waals surface area contributed by atoms with Crippen molar-refractivity contribution >= 4 is 38.7 Å². The first-order valence-corrected chi connectivity index (χ1v) is 11.9. The van der Waals surface area contributed by atoms with Gasteiger partial charge in [0.25, 0.3) is 5.91 Å². The van der Waals surface area contributed by atoms with E-state index in [0.717, 1.165) is 43.0 Å². The molecular formula is C20H24N2O5S2. The van der Waals surface area contributed by atoms with Crippen molar-refractivity contribution < 1.29 is 22.7 Å². The maximum absolute atomic E-state index is 12.4. The molecule has 1 fully saturated rings. The van der Waals surface area contributed by atoms with Gasteiger partial charge in [-0.05, 0) is 49.2 Å². The summed E-state index contributed by atoms with van der Waals surface area (Å²) in [5.41, 5.74) is 0.978. The van der Waals surface area contributed by atoms with Gasteiger partial charge in [-0.25, -0.2) is 13.2 Å². The lowest BCUT2D eigenvalue weighted by Crippen LogP contribution is -2.44. The summed E-state index contributed by atoms with van der Waals surface area (Å²) in [6, 6.07) is 10.3. The van der Waals surface area contributed by atoms with E-state index in [0.29, 0.717) is 14.6 Å². The zero-order valence-corrected chi connectivity index (χ0v) is 18.0. The number of thiophene rings is 1. The molecule has 0 atom stereocenters. The van der Waals surface area contributed by atoms with E-state index < -0.39 is 15.8 Å². The van der Waals surface area contributed by atoms with Crippen molar-refractivity contribution in [3.63, 3.8) is 0 Å². The van der Waals surface area contributed by atoms with E-state index in [1.54, 1.807) is 31.2 Å². The van der Waals surface area contributed by atoms with E-state index in [-0.39, 0.29) is 17.7 Å². The Morgan fingerprint density at radius 3 is 2.31 bits per heavy atom. The van der Waals surface area contributed by atoms with Crippen LogP contribution < -0.4 is 10.2 Å². The van der Waals surface area contributed by atoms with E-state index in [1.807, 2.05) is 12.1 Å². The largest absolute Gasteiger partial charge is 0.465 e. The van der Waals surface area contributed by atoms with Crippen LogP contribution in [-0.4, -0.2) is 52.3 Å². The number of amides is 1. The number of piperidine rings is 1. The molecule has 1 aliphatic rings. The lowest BCUT2D eigenvalue weighted by atomic mass is 10.0. The SMILES string of the molecule is CCS(=O)(=O)c1ccc(N2CCC(NC(=O)c3ccc(C(=O)OC)s3)CC2)cc1. The molecule has 1 N–H and O–H groups in total. The summed E-state index contributed by atoms with van der Waals surface area (Å²) in [6.45, 7) is 3.17. The molecule has 0 aliphatic carbocycles. The van der Waals surface area contributed by atoms with Crippen molar-refractivity contribution in [1.29, 1.82) is 0 Å². The highest BCUT2D eigenvalue weighted by atomic mass is 32.2. The predicted molar refractivity (Wildman–Crippen MR) is 113 cm³/mol. The number of rotatable bonds is 6. The number of ether oxygens (including phenoxy) is 1. The van der Waals surface area contributed by atoms with Crippen LogP contribution in [0.3, 0.4) is 0 Å². The van der Waals surface area contributed by atoms with E-state index >= 15 is 0 Å². The molecule has 7 nitrogen and oxygen atoms in total. The van der Waals surface area contributed by atoms with Crippen LogP contribution in [0.25, 0.3) is 0 Å². The lowest BCUT2D eigenvalue weighted by molar-refractivity contribution is 0.0606. The number of carbonyl (C=O) groups excluding carboxylic acids is 2. The highest BCUT2D eigenvalue weighted by Gasteiger charge is 2.23. The van der Waals surface area contributed by atoms with E-state index in [2.05, 4.69) is 15.0 Å². The zero-order chi connectivity index (χ0) is 21.0. The highest BCUT2D eigenvalue weighted by Crippen LogP contribution is 2.23. The molecule has 29 heavy (non-hydrogen) atoms. The summed E-state index contributed by atoms with van der Waals surface area (Å²) in [5, 5.41) is 3.03. The number of benzene rings is 1. The van der Waals surface area contributed by atoms with Crippen molar-refractivity contribution in [2.24, 2.45) is 0 Å². The molecule has 3 rings (SSSR count). The monoisotopic (exact) mass is 436 g/mol. The van der Waals surface area contributed by atoms with Gasteiger partial charge < -0.3 is 15.0 Å². The molecule has 1 saturated heterocycles. The standard InChI is InChI=1S/C20H24N2O5S2/c1-3-29(25,26)16-6-4-15(5-7-16)22-12-10-14(11-13-22)21-19(23)17-8-9-18(28-17)20(24)27-2/h4-9,14H,3,10-13H2,1-2H3,(H,21,23). The third-order valence-corrected chi connectivity index (χ3v) is 7.80. The Labute approximate surface area is 174 Å². The van der Waals surface area contributed by atoms with Gasteiger partial charge in [0.1, 0.15) is 4.88 Å². The fourth-order valence-electron chi connectivity index (χ4n) is 3.24. The van der Waals surface area contributed by atoms with Crippen LogP contribution in [0.5, 0.6) is 0 Å². The van der Waals surface area contributed by atoms with Crippen LogP contribution in [0.15, 0.2) is 41.3 Å². The number of esters is 1. The quantitative estimate of drug-likeness (QED) is 0.700. The van der Waals surface area contributed by atoms with Crippen LogP contribution in [-0.2, 0) is 14.6 Å². The molecular weight excluding hydrogens is 412 g/mol. The summed E-state index contributed by atoms with van der Waals surface area (Å²) in [4.78, 5) is 27.4. The molecule has 2 aromatic rings. The average molecular weight is 437 g/mol. The Balaban J connectivity index is 1.54. The van der Waals surface area contributed by atoms with Gasteiger partial charge in [-0.15, -0.1) is 11.3 Å². The van der Waals surface area contributed by atoms with E-state index in [4.69, 9.17) is 0 Å². The van der Waals surface area contributed by atoms with Crippen molar-refractivity contribution in [3.8, 4) is 0 Å².